The molecule has 0 aliphatic heterocycles. The molecular formula is C22H31N3O11. The summed E-state index contributed by atoms with van der Waals surface area (Å²) >= 11 is 0. The Bertz CT molecular complexity index is 840. The van der Waals surface area contributed by atoms with Crippen LogP contribution in [0.4, 0.5) is 0 Å². The molecule has 0 bridgehead atoms. The van der Waals surface area contributed by atoms with E-state index in [1.807, 2.05) is 0 Å². The molecule has 0 aliphatic carbocycles. The molecular weight excluding hydrogens is 482 g/mol. The molecule has 1 aromatic carbocycles. The van der Waals surface area contributed by atoms with Crippen LogP contribution in [0.15, 0.2) is 30.3 Å². The van der Waals surface area contributed by atoms with Crippen LogP contribution in [0, 0.1) is 0 Å². The Balaban J connectivity index is 3.18. The first-order valence-electron chi connectivity index (χ1n) is 10.8. The van der Waals surface area contributed by atoms with Gasteiger partial charge < -0.3 is 30.3 Å². The number of nitrogens with zero attached hydrogens (tertiary/aromatic N) is 3. The van der Waals surface area contributed by atoms with Crippen molar-refractivity contribution < 1.29 is 54.2 Å². The van der Waals surface area contributed by atoms with Crippen molar-refractivity contribution in [2.75, 3.05) is 59.0 Å². The van der Waals surface area contributed by atoms with Gasteiger partial charge in [-0.3, -0.25) is 38.7 Å². The molecule has 1 rings (SSSR count). The molecule has 0 fully saturated rings. The average Bonchev–Trinajstić information content (AvgIpc) is 2.76. The second kappa shape index (κ2) is 14.6. The SMILES string of the molecule is C[C@](COc1ccccc1)(C(=O)O)N(CCN(CC(=O)O)CC(=O)O)CCN(CC(=O)O)CC(=O)O. The summed E-state index contributed by atoms with van der Waals surface area (Å²) in [5.74, 6) is -6.00. The van der Waals surface area contributed by atoms with E-state index < -0.39 is 61.6 Å². The highest BCUT2D eigenvalue weighted by atomic mass is 16.5. The van der Waals surface area contributed by atoms with Gasteiger partial charge in [-0.15, -0.1) is 0 Å². The lowest BCUT2D eigenvalue weighted by atomic mass is 10.0. The van der Waals surface area contributed by atoms with Crippen LogP contribution in [0.2, 0.25) is 0 Å². The highest BCUT2D eigenvalue weighted by molar-refractivity contribution is 5.78. The van der Waals surface area contributed by atoms with Gasteiger partial charge in [0.25, 0.3) is 0 Å². The summed E-state index contributed by atoms with van der Waals surface area (Å²) in [5.41, 5.74) is -1.72. The largest absolute Gasteiger partial charge is 0.491 e. The van der Waals surface area contributed by atoms with E-state index in [1.54, 1.807) is 30.3 Å². The summed E-state index contributed by atoms with van der Waals surface area (Å²) in [5, 5.41) is 46.4. The van der Waals surface area contributed by atoms with Gasteiger partial charge in [-0.1, -0.05) is 18.2 Å². The van der Waals surface area contributed by atoms with Crippen molar-refractivity contribution in [3.63, 3.8) is 0 Å². The molecule has 0 radical (unpaired) electrons. The Hall–Kier alpha value is -3.75. The quantitative estimate of drug-likeness (QED) is 0.153. The van der Waals surface area contributed by atoms with E-state index in [0.717, 1.165) is 9.80 Å². The van der Waals surface area contributed by atoms with E-state index in [9.17, 15) is 29.1 Å². The molecule has 0 saturated heterocycles. The highest BCUT2D eigenvalue weighted by Crippen LogP contribution is 2.19. The molecule has 200 valence electrons. The standard InChI is InChI=1S/C22H31N3O11/c1-22(21(34)35,15-36-16-5-3-2-4-6-16)25(9-7-23(11-17(26)27)12-18(28)29)10-8-24(13-19(30)31)14-20(32)33/h2-6H,7-15H2,1H3,(H,26,27)(H,28,29)(H,30,31)(H,32,33)(H,34,35)/t22-/m0/s1. The maximum atomic E-state index is 12.4. The molecule has 1 aromatic rings. The van der Waals surface area contributed by atoms with Gasteiger partial charge in [0.2, 0.25) is 0 Å². The highest BCUT2D eigenvalue weighted by Gasteiger charge is 2.41. The molecule has 14 heteroatoms. The van der Waals surface area contributed by atoms with Crippen LogP contribution in [0.5, 0.6) is 5.75 Å². The fourth-order valence-electron chi connectivity index (χ4n) is 3.35. The lowest BCUT2D eigenvalue weighted by Crippen LogP contribution is -2.59. The first-order valence-corrected chi connectivity index (χ1v) is 10.8. The molecule has 1 atom stereocenters. The third-order valence-corrected chi connectivity index (χ3v) is 5.23. The predicted octanol–water partition coefficient (Wildman–Crippen LogP) is -0.847. The third-order valence-electron chi connectivity index (χ3n) is 5.23. The smallest absolute Gasteiger partial charge is 0.327 e. The molecule has 0 amide bonds. The van der Waals surface area contributed by atoms with Crippen LogP contribution in [0.3, 0.4) is 0 Å². The van der Waals surface area contributed by atoms with Gasteiger partial charge in [0.1, 0.15) is 12.4 Å². The number of hydrogen-bond acceptors (Lipinski definition) is 9. The van der Waals surface area contributed by atoms with Crippen molar-refractivity contribution in [1.82, 2.24) is 14.7 Å². The number of carbonyl (C=O) groups is 5. The Morgan fingerprint density at radius 3 is 1.42 bits per heavy atom. The number of ether oxygens (including phenoxy) is 1. The Labute approximate surface area is 206 Å². The van der Waals surface area contributed by atoms with Crippen LogP contribution in [0.25, 0.3) is 0 Å². The van der Waals surface area contributed by atoms with Crippen LogP contribution < -0.4 is 4.74 Å². The van der Waals surface area contributed by atoms with Crippen molar-refractivity contribution >= 4 is 29.8 Å². The fourth-order valence-corrected chi connectivity index (χ4v) is 3.35. The van der Waals surface area contributed by atoms with Crippen molar-refractivity contribution in [3.8, 4) is 5.75 Å². The summed E-state index contributed by atoms with van der Waals surface area (Å²) < 4.78 is 5.66. The average molecular weight is 514 g/mol. The van der Waals surface area contributed by atoms with Gasteiger partial charge in [0.05, 0.1) is 26.2 Å². The van der Waals surface area contributed by atoms with E-state index in [2.05, 4.69) is 0 Å². The Kier molecular flexibility index (Phi) is 12.3. The maximum absolute atomic E-state index is 12.4. The number of carboxylic acid groups (broad SMARTS) is 5. The number of aliphatic carboxylic acids is 5. The second-order valence-corrected chi connectivity index (χ2v) is 8.16. The Morgan fingerprint density at radius 1 is 0.694 bits per heavy atom. The zero-order valence-electron chi connectivity index (χ0n) is 19.8. The number of rotatable bonds is 19. The minimum atomic E-state index is -1.72. The number of carboxylic acids is 5. The predicted molar refractivity (Wildman–Crippen MR) is 123 cm³/mol. The lowest BCUT2D eigenvalue weighted by molar-refractivity contribution is -0.154. The molecule has 14 nitrogen and oxygen atoms in total. The molecule has 0 aromatic heterocycles. The normalized spacial score (nSPS) is 12.9. The maximum Gasteiger partial charge on any atom is 0.327 e. The van der Waals surface area contributed by atoms with Gasteiger partial charge in [0, 0.05) is 26.2 Å². The van der Waals surface area contributed by atoms with Crippen LogP contribution >= 0.6 is 0 Å². The minimum Gasteiger partial charge on any atom is -0.491 e. The van der Waals surface area contributed by atoms with E-state index >= 15 is 0 Å². The van der Waals surface area contributed by atoms with Gasteiger partial charge in [0.15, 0.2) is 5.54 Å². The first-order chi connectivity index (χ1) is 16.8. The van der Waals surface area contributed by atoms with Gasteiger partial charge >= 0.3 is 29.8 Å². The molecule has 5 N–H and O–H groups in total. The van der Waals surface area contributed by atoms with Crippen molar-refractivity contribution in [2.45, 2.75) is 12.5 Å². The Morgan fingerprint density at radius 2 is 1.08 bits per heavy atom. The van der Waals surface area contributed by atoms with E-state index in [1.165, 1.54) is 11.8 Å². The van der Waals surface area contributed by atoms with E-state index in [4.69, 9.17) is 25.2 Å². The van der Waals surface area contributed by atoms with Crippen LogP contribution in [-0.4, -0.2) is 135 Å². The first kappa shape index (κ1) is 30.3. The number of para-hydroxylation sites is 1. The summed E-state index contributed by atoms with van der Waals surface area (Å²) in [6.45, 7) is -1.97. The monoisotopic (exact) mass is 513 g/mol. The van der Waals surface area contributed by atoms with Crippen molar-refractivity contribution in [2.24, 2.45) is 0 Å². The molecule has 0 unspecified atom stereocenters. The van der Waals surface area contributed by atoms with Crippen molar-refractivity contribution in [3.05, 3.63) is 30.3 Å². The van der Waals surface area contributed by atoms with Gasteiger partial charge in [-0.25, -0.2) is 0 Å². The number of benzene rings is 1. The zero-order valence-corrected chi connectivity index (χ0v) is 19.8. The molecule has 0 saturated carbocycles. The second-order valence-electron chi connectivity index (χ2n) is 8.16. The van der Waals surface area contributed by atoms with Crippen LogP contribution in [-0.2, 0) is 24.0 Å². The topological polar surface area (TPSA) is 205 Å². The number of hydrogen-bond donors (Lipinski definition) is 5. The molecule has 0 aliphatic rings. The van der Waals surface area contributed by atoms with Crippen molar-refractivity contribution in [1.29, 1.82) is 0 Å². The lowest BCUT2D eigenvalue weighted by Gasteiger charge is -2.39. The summed E-state index contributed by atoms with van der Waals surface area (Å²) in [4.78, 5) is 60.5. The molecule has 36 heavy (non-hydrogen) atoms. The van der Waals surface area contributed by atoms with E-state index in [-0.39, 0.29) is 32.8 Å². The van der Waals surface area contributed by atoms with Gasteiger partial charge in [-0.2, -0.15) is 0 Å². The molecule has 0 spiro atoms. The summed E-state index contributed by atoms with van der Waals surface area (Å²) in [7, 11) is 0. The molecule has 0 heterocycles. The summed E-state index contributed by atoms with van der Waals surface area (Å²) in [6.07, 6.45) is 0. The minimum absolute atomic E-state index is 0.129. The fraction of sp³-hybridized carbons (Fsp3) is 0.500. The van der Waals surface area contributed by atoms with Crippen LogP contribution in [0.1, 0.15) is 6.92 Å². The summed E-state index contributed by atoms with van der Waals surface area (Å²) in [6, 6.07) is 8.37. The van der Waals surface area contributed by atoms with Gasteiger partial charge in [-0.05, 0) is 19.1 Å². The third kappa shape index (κ3) is 11.1. The van der Waals surface area contributed by atoms with E-state index in [0.29, 0.717) is 5.75 Å². The zero-order chi connectivity index (χ0) is 27.3.